The lowest BCUT2D eigenvalue weighted by Crippen LogP contribution is -2.22. The first-order chi connectivity index (χ1) is 4.69. The Morgan fingerprint density at radius 2 is 2.30 bits per heavy atom. The fraction of sp³-hybridized carbons (Fsp3) is 0.667. The van der Waals surface area contributed by atoms with Crippen LogP contribution in [-0.2, 0) is 0 Å². The van der Waals surface area contributed by atoms with E-state index >= 15 is 0 Å². The average Bonchev–Trinajstić information content (AvgIpc) is 2.36. The summed E-state index contributed by atoms with van der Waals surface area (Å²) in [6.07, 6.45) is 7.33. The molecule has 0 radical (unpaired) electrons. The molecule has 0 aromatic heterocycles. The van der Waals surface area contributed by atoms with Crippen molar-refractivity contribution in [1.29, 1.82) is 0 Å². The van der Waals surface area contributed by atoms with E-state index in [4.69, 9.17) is 0 Å². The summed E-state index contributed by atoms with van der Waals surface area (Å²) in [6, 6.07) is 0. The van der Waals surface area contributed by atoms with Crippen LogP contribution in [-0.4, -0.2) is 6.21 Å². The molecule has 1 rings (SSSR count). The Morgan fingerprint density at radius 1 is 1.60 bits per heavy atom. The Kier molecular flexibility index (Phi) is 1.93. The van der Waals surface area contributed by atoms with Gasteiger partial charge in [0.25, 0.3) is 0 Å². The number of nitrogens with zero attached hydrogens (tertiary/aromatic N) is 1. The molecule has 2 unspecified atom stereocenters. The largest absolute Gasteiger partial charge is 0.268 e. The highest BCUT2D eigenvalue weighted by molar-refractivity contribution is 5.71. The molecule has 0 aliphatic carbocycles. The summed E-state index contributed by atoms with van der Waals surface area (Å²) >= 11 is 0. The average molecular weight is 137 g/mol. The van der Waals surface area contributed by atoms with Gasteiger partial charge in [-0.1, -0.05) is 33.3 Å². The highest BCUT2D eigenvalue weighted by atomic mass is 14.7. The molecule has 0 spiro atoms. The zero-order chi connectivity index (χ0) is 7.61. The van der Waals surface area contributed by atoms with Gasteiger partial charge in [-0.25, -0.2) is 0 Å². The number of rotatable bonds is 2. The van der Waals surface area contributed by atoms with Crippen LogP contribution in [0.25, 0.3) is 0 Å². The van der Waals surface area contributed by atoms with Gasteiger partial charge in [-0.15, -0.1) is 0 Å². The van der Waals surface area contributed by atoms with Gasteiger partial charge in [-0.3, -0.25) is 4.99 Å². The number of allylic oxidation sites excluding steroid dienone is 1. The molecule has 0 saturated heterocycles. The molecule has 1 heterocycles. The minimum atomic E-state index is 0.231. The molecule has 1 nitrogen and oxygen atoms in total. The van der Waals surface area contributed by atoms with Crippen molar-refractivity contribution in [3.8, 4) is 0 Å². The molecule has 1 aliphatic heterocycles. The SMILES string of the molecule is CCC(C)C1(C)C=CN=C1. The van der Waals surface area contributed by atoms with E-state index in [1.54, 1.807) is 0 Å². The summed E-state index contributed by atoms with van der Waals surface area (Å²) < 4.78 is 0. The molecule has 0 N–H and O–H groups in total. The molecule has 0 aromatic carbocycles. The van der Waals surface area contributed by atoms with Crippen LogP contribution >= 0.6 is 0 Å². The van der Waals surface area contributed by atoms with Gasteiger partial charge in [0.2, 0.25) is 0 Å². The van der Waals surface area contributed by atoms with Crippen LogP contribution in [0, 0.1) is 11.3 Å². The Balaban J connectivity index is 2.69. The minimum absolute atomic E-state index is 0.231. The van der Waals surface area contributed by atoms with Crippen molar-refractivity contribution in [3.63, 3.8) is 0 Å². The molecule has 2 atom stereocenters. The quantitative estimate of drug-likeness (QED) is 0.554. The maximum absolute atomic E-state index is 4.10. The molecule has 0 bridgehead atoms. The van der Waals surface area contributed by atoms with Crippen molar-refractivity contribution >= 4 is 6.21 Å². The summed E-state index contributed by atoms with van der Waals surface area (Å²) in [7, 11) is 0. The Labute approximate surface area is 62.9 Å². The van der Waals surface area contributed by atoms with Gasteiger partial charge in [0.1, 0.15) is 0 Å². The van der Waals surface area contributed by atoms with E-state index < -0.39 is 0 Å². The van der Waals surface area contributed by atoms with Gasteiger partial charge in [-0.05, 0) is 5.92 Å². The molecule has 1 heteroatoms. The molecule has 0 saturated carbocycles. The third kappa shape index (κ3) is 1.13. The van der Waals surface area contributed by atoms with Crippen molar-refractivity contribution in [2.45, 2.75) is 27.2 Å². The number of hydrogen-bond donors (Lipinski definition) is 0. The highest BCUT2D eigenvalue weighted by Gasteiger charge is 2.26. The standard InChI is InChI=1S/C9H15N/c1-4-8(2)9(3)5-6-10-7-9/h5-8H,4H2,1-3H3. The molecular formula is C9H15N. The van der Waals surface area contributed by atoms with E-state index in [0.717, 1.165) is 0 Å². The topological polar surface area (TPSA) is 12.4 Å². The zero-order valence-corrected chi connectivity index (χ0v) is 6.96. The summed E-state index contributed by atoms with van der Waals surface area (Å²) in [6.45, 7) is 6.71. The van der Waals surface area contributed by atoms with Crippen molar-refractivity contribution in [2.75, 3.05) is 0 Å². The van der Waals surface area contributed by atoms with Gasteiger partial charge >= 0.3 is 0 Å². The Morgan fingerprint density at radius 3 is 2.70 bits per heavy atom. The van der Waals surface area contributed by atoms with Crippen LogP contribution in [0.5, 0.6) is 0 Å². The van der Waals surface area contributed by atoms with E-state index in [1.165, 1.54) is 6.42 Å². The van der Waals surface area contributed by atoms with E-state index in [2.05, 4.69) is 31.8 Å². The van der Waals surface area contributed by atoms with Gasteiger partial charge in [0, 0.05) is 17.8 Å². The van der Waals surface area contributed by atoms with Gasteiger partial charge in [-0.2, -0.15) is 0 Å². The number of hydrogen-bond acceptors (Lipinski definition) is 1. The number of aliphatic imine (C=N–C) groups is 1. The lowest BCUT2D eigenvalue weighted by molar-refractivity contribution is 0.382. The van der Waals surface area contributed by atoms with Crippen LogP contribution in [0.15, 0.2) is 17.3 Å². The molecule has 10 heavy (non-hydrogen) atoms. The normalized spacial score (nSPS) is 33.1. The van der Waals surface area contributed by atoms with Gasteiger partial charge in [0.15, 0.2) is 0 Å². The summed E-state index contributed by atoms with van der Waals surface area (Å²) in [5.41, 5.74) is 0.231. The molecule has 0 aromatic rings. The molecule has 0 fully saturated rings. The molecular weight excluding hydrogens is 122 g/mol. The van der Waals surface area contributed by atoms with Crippen molar-refractivity contribution in [3.05, 3.63) is 12.3 Å². The van der Waals surface area contributed by atoms with Crippen LogP contribution in [0.3, 0.4) is 0 Å². The van der Waals surface area contributed by atoms with E-state index in [9.17, 15) is 0 Å². The second kappa shape index (κ2) is 2.57. The predicted molar refractivity (Wildman–Crippen MR) is 45.2 cm³/mol. The maximum atomic E-state index is 4.10. The first-order valence-corrected chi connectivity index (χ1v) is 3.91. The second-order valence-electron chi connectivity index (χ2n) is 3.27. The highest BCUT2D eigenvalue weighted by Crippen LogP contribution is 2.31. The van der Waals surface area contributed by atoms with E-state index in [1.807, 2.05) is 12.4 Å². The minimum Gasteiger partial charge on any atom is -0.268 e. The van der Waals surface area contributed by atoms with E-state index in [0.29, 0.717) is 5.92 Å². The summed E-state index contributed by atoms with van der Waals surface area (Å²) in [5, 5.41) is 0. The van der Waals surface area contributed by atoms with Crippen molar-refractivity contribution in [2.24, 2.45) is 16.3 Å². The zero-order valence-electron chi connectivity index (χ0n) is 6.96. The lowest BCUT2D eigenvalue weighted by atomic mass is 9.79. The van der Waals surface area contributed by atoms with Crippen LogP contribution in [0.2, 0.25) is 0 Å². The monoisotopic (exact) mass is 137 g/mol. The van der Waals surface area contributed by atoms with E-state index in [-0.39, 0.29) is 5.41 Å². The Hall–Kier alpha value is -0.590. The van der Waals surface area contributed by atoms with Crippen LogP contribution in [0.1, 0.15) is 27.2 Å². The maximum Gasteiger partial charge on any atom is 0.0250 e. The lowest BCUT2D eigenvalue weighted by Gasteiger charge is -2.24. The summed E-state index contributed by atoms with van der Waals surface area (Å²) in [4.78, 5) is 4.10. The molecule has 1 aliphatic rings. The Bertz CT molecular complexity index is 156. The fourth-order valence-electron chi connectivity index (χ4n) is 1.18. The predicted octanol–water partition coefficient (Wildman–Crippen LogP) is 2.64. The molecule has 56 valence electrons. The summed E-state index contributed by atoms with van der Waals surface area (Å²) in [5.74, 6) is 0.704. The third-order valence-electron chi connectivity index (χ3n) is 2.55. The smallest absolute Gasteiger partial charge is 0.0250 e. The second-order valence-corrected chi connectivity index (χ2v) is 3.27. The van der Waals surface area contributed by atoms with Crippen molar-refractivity contribution < 1.29 is 0 Å². The first-order valence-electron chi connectivity index (χ1n) is 3.91. The first kappa shape index (κ1) is 7.52. The van der Waals surface area contributed by atoms with Crippen LogP contribution < -0.4 is 0 Å². The van der Waals surface area contributed by atoms with Gasteiger partial charge < -0.3 is 0 Å². The fourth-order valence-corrected chi connectivity index (χ4v) is 1.18. The molecule has 0 amide bonds. The van der Waals surface area contributed by atoms with Crippen molar-refractivity contribution in [1.82, 2.24) is 0 Å². The third-order valence-corrected chi connectivity index (χ3v) is 2.55. The van der Waals surface area contributed by atoms with Gasteiger partial charge in [0.05, 0.1) is 0 Å². The van der Waals surface area contributed by atoms with Crippen LogP contribution in [0.4, 0.5) is 0 Å².